The topological polar surface area (TPSA) is 52.6 Å². The van der Waals surface area contributed by atoms with E-state index in [2.05, 4.69) is 13.8 Å². The minimum atomic E-state index is -0.0588. The molecule has 0 radical (unpaired) electrons. The summed E-state index contributed by atoms with van der Waals surface area (Å²) in [4.78, 5) is 23.6. The molecule has 0 aromatic heterocycles. The summed E-state index contributed by atoms with van der Waals surface area (Å²) in [5, 5.41) is 0. The van der Waals surface area contributed by atoms with E-state index >= 15 is 0 Å². The molecule has 1 atom stereocenters. The van der Waals surface area contributed by atoms with Crippen molar-refractivity contribution in [3.05, 3.63) is 0 Å². The number of esters is 2. The van der Waals surface area contributed by atoms with E-state index in [0.29, 0.717) is 12.3 Å². The van der Waals surface area contributed by atoms with E-state index in [1.54, 1.807) is 0 Å². The highest BCUT2D eigenvalue weighted by Gasteiger charge is 2.23. The third kappa shape index (κ3) is 17.5. The van der Waals surface area contributed by atoms with Crippen molar-refractivity contribution in [1.29, 1.82) is 0 Å². The molecule has 4 heteroatoms. The van der Waals surface area contributed by atoms with Gasteiger partial charge in [-0.2, -0.15) is 0 Å². The summed E-state index contributed by atoms with van der Waals surface area (Å²) in [6, 6.07) is 0. The summed E-state index contributed by atoms with van der Waals surface area (Å²) in [7, 11) is 0. The number of unbranched alkanes of at least 4 members (excludes halogenated alkanes) is 10. The van der Waals surface area contributed by atoms with Crippen molar-refractivity contribution in [2.45, 2.75) is 137 Å². The average molecular weight is 413 g/mol. The Labute approximate surface area is 180 Å². The van der Waals surface area contributed by atoms with Gasteiger partial charge in [0.05, 0.1) is 18.1 Å². The fraction of sp³-hybridized carbons (Fsp3) is 0.920. The summed E-state index contributed by atoms with van der Waals surface area (Å²) >= 11 is 0. The first-order valence-electron chi connectivity index (χ1n) is 12.1. The number of carbonyl (C=O) groups excluding carboxylic acids is 2. The Bertz CT molecular complexity index is 415. The molecule has 0 spiro atoms. The predicted molar refractivity (Wildman–Crippen MR) is 121 cm³/mol. The molecule has 0 aromatic rings. The van der Waals surface area contributed by atoms with Crippen LogP contribution in [0.15, 0.2) is 0 Å². The summed E-state index contributed by atoms with van der Waals surface area (Å²) in [6.07, 6.45) is 14.9. The summed E-state index contributed by atoms with van der Waals surface area (Å²) < 4.78 is 10.5. The van der Waals surface area contributed by atoms with Crippen LogP contribution in [0.5, 0.6) is 0 Å². The van der Waals surface area contributed by atoms with Crippen molar-refractivity contribution in [2.75, 3.05) is 0 Å². The quantitative estimate of drug-likeness (QED) is 0.176. The van der Waals surface area contributed by atoms with Gasteiger partial charge in [0.15, 0.2) is 0 Å². The molecule has 0 saturated carbocycles. The van der Waals surface area contributed by atoms with Crippen molar-refractivity contribution < 1.29 is 19.1 Å². The molecular formula is C25H48O4. The van der Waals surface area contributed by atoms with E-state index in [0.717, 1.165) is 25.7 Å². The van der Waals surface area contributed by atoms with Gasteiger partial charge in [0.1, 0.15) is 0 Å². The van der Waals surface area contributed by atoms with Crippen LogP contribution in [0, 0.1) is 11.8 Å². The Morgan fingerprint density at radius 2 is 1.00 bits per heavy atom. The van der Waals surface area contributed by atoms with Crippen LogP contribution in [0.1, 0.15) is 125 Å². The molecule has 0 amide bonds. The van der Waals surface area contributed by atoms with Crippen molar-refractivity contribution in [2.24, 2.45) is 11.8 Å². The van der Waals surface area contributed by atoms with Gasteiger partial charge in [-0.25, -0.2) is 0 Å². The zero-order valence-electron chi connectivity index (χ0n) is 20.1. The van der Waals surface area contributed by atoms with E-state index < -0.39 is 0 Å². The molecule has 0 heterocycles. The number of hydrogen-bond acceptors (Lipinski definition) is 4. The molecule has 0 bridgehead atoms. The third-order valence-electron chi connectivity index (χ3n) is 5.22. The van der Waals surface area contributed by atoms with Gasteiger partial charge >= 0.3 is 11.9 Å². The summed E-state index contributed by atoms with van der Waals surface area (Å²) in [6.45, 7) is 11.8. The maximum absolute atomic E-state index is 12.2. The van der Waals surface area contributed by atoms with E-state index in [-0.39, 0.29) is 30.1 Å². The maximum atomic E-state index is 12.2. The lowest BCUT2D eigenvalue weighted by atomic mass is 9.90. The molecule has 0 N–H and O–H groups in total. The molecule has 4 nitrogen and oxygen atoms in total. The first kappa shape index (κ1) is 27.9. The number of hydrogen-bond donors (Lipinski definition) is 0. The molecule has 0 aliphatic heterocycles. The van der Waals surface area contributed by atoms with Gasteiger partial charge < -0.3 is 9.47 Å². The Hall–Kier alpha value is -1.06. The molecule has 0 aliphatic carbocycles. The molecule has 29 heavy (non-hydrogen) atoms. The van der Waals surface area contributed by atoms with Crippen molar-refractivity contribution in [3.8, 4) is 0 Å². The second-order valence-corrected chi connectivity index (χ2v) is 9.30. The fourth-order valence-corrected chi connectivity index (χ4v) is 3.59. The van der Waals surface area contributed by atoms with Crippen LogP contribution in [-0.2, 0) is 19.1 Å². The fourth-order valence-electron chi connectivity index (χ4n) is 3.59. The van der Waals surface area contributed by atoms with Crippen LogP contribution in [0.2, 0.25) is 0 Å². The van der Waals surface area contributed by atoms with Crippen LogP contribution in [0.25, 0.3) is 0 Å². The first-order valence-corrected chi connectivity index (χ1v) is 12.1. The molecule has 0 aromatic carbocycles. The minimum absolute atomic E-state index is 0.000479. The third-order valence-corrected chi connectivity index (χ3v) is 5.22. The standard InChI is InChI=1S/C25H48O4/c1-20(2)23(25(27)29-22(5)6)18-16-14-12-10-8-7-9-11-13-15-17-19-24(26)28-21(3)4/h20-23H,7-19H2,1-6H3. The number of ether oxygens (including phenoxy) is 2. The average Bonchev–Trinajstić information content (AvgIpc) is 2.60. The lowest BCUT2D eigenvalue weighted by Crippen LogP contribution is -2.25. The van der Waals surface area contributed by atoms with Crippen molar-refractivity contribution >= 4 is 11.9 Å². The van der Waals surface area contributed by atoms with Crippen LogP contribution < -0.4 is 0 Å². The van der Waals surface area contributed by atoms with Crippen LogP contribution >= 0.6 is 0 Å². The molecular weight excluding hydrogens is 364 g/mol. The van der Waals surface area contributed by atoms with Gasteiger partial charge in [-0.3, -0.25) is 9.59 Å². The highest BCUT2D eigenvalue weighted by molar-refractivity contribution is 5.72. The monoisotopic (exact) mass is 412 g/mol. The zero-order valence-corrected chi connectivity index (χ0v) is 20.1. The zero-order chi connectivity index (χ0) is 22.1. The molecule has 172 valence electrons. The molecule has 0 fully saturated rings. The number of carbonyl (C=O) groups is 2. The number of rotatable bonds is 18. The first-order chi connectivity index (χ1) is 13.7. The Balaban J connectivity index is 3.50. The summed E-state index contributed by atoms with van der Waals surface area (Å²) in [5.74, 6) is 0.315. The SMILES string of the molecule is CC(C)OC(=O)CCCCCCCCCCCCCC(C(=O)OC(C)C)C(C)C. The molecule has 0 saturated heterocycles. The van der Waals surface area contributed by atoms with Crippen molar-refractivity contribution in [3.63, 3.8) is 0 Å². The van der Waals surface area contributed by atoms with Gasteiger partial charge in [0, 0.05) is 6.42 Å². The Morgan fingerprint density at radius 1 is 0.586 bits per heavy atom. The van der Waals surface area contributed by atoms with E-state index in [9.17, 15) is 9.59 Å². The predicted octanol–water partition coefficient (Wildman–Crippen LogP) is 7.23. The maximum Gasteiger partial charge on any atom is 0.309 e. The van der Waals surface area contributed by atoms with E-state index in [1.165, 1.54) is 51.4 Å². The van der Waals surface area contributed by atoms with Crippen LogP contribution in [0.4, 0.5) is 0 Å². The smallest absolute Gasteiger partial charge is 0.309 e. The Morgan fingerprint density at radius 3 is 1.41 bits per heavy atom. The molecule has 0 rings (SSSR count). The van der Waals surface area contributed by atoms with Crippen molar-refractivity contribution in [1.82, 2.24) is 0 Å². The highest BCUT2D eigenvalue weighted by atomic mass is 16.5. The van der Waals surface area contributed by atoms with Gasteiger partial charge in [-0.05, 0) is 46.5 Å². The minimum Gasteiger partial charge on any atom is -0.463 e. The highest BCUT2D eigenvalue weighted by Crippen LogP contribution is 2.22. The second-order valence-electron chi connectivity index (χ2n) is 9.30. The second kappa shape index (κ2) is 17.8. The lowest BCUT2D eigenvalue weighted by molar-refractivity contribution is -0.154. The summed E-state index contributed by atoms with van der Waals surface area (Å²) in [5.41, 5.74) is 0. The van der Waals surface area contributed by atoms with Gasteiger partial charge in [-0.15, -0.1) is 0 Å². The normalized spacial score (nSPS) is 12.6. The Kier molecular flexibility index (Phi) is 17.1. The van der Waals surface area contributed by atoms with Gasteiger partial charge in [0.25, 0.3) is 0 Å². The van der Waals surface area contributed by atoms with Gasteiger partial charge in [0.2, 0.25) is 0 Å². The van der Waals surface area contributed by atoms with Crippen LogP contribution in [-0.4, -0.2) is 24.1 Å². The van der Waals surface area contributed by atoms with E-state index in [1.807, 2.05) is 27.7 Å². The van der Waals surface area contributed by atoms with E-state index in [4.69, 9.17) is 9.47 Å². The molecule has 1 unspecified atom stereocenters. The largest absolute Gasteiger partial charge is 0.463 e. The van der Waals surface area contributed by atoms with Crippen LogP contribution in [0.3, 0.4) is 0 Å². The molecule has 0 aliphatic rings. The van der Waals surface area contributed by atoms with Gasteiger partial charge in [-0.1, -0.05) is 78.1 Å². The lowest BCUT2D eigenvalue weighted by Gasteiger charge is -2.20.